The summed E-state index contributed by atoms with van der Waals surface area (Å²) in [5.74, 6) is 0.0370. The van der Waals surface area contributed by atoms with Crippen LogP contribution in [0.1, 0.15) is 77.5 Å². The Morgan fingerprint density at radius 3 is 2.23 bits per heavy atom. The van der Waals surface area contributed by atoms with Crippen LogP contribution in [0.25, 0.3) is 0 Å². The van der Waals surface area contributed by atoms with E-state index >= 15 is 0 Å². The fourth-order valence-electron chi connectivity index (χ4n) is 4.32. The fourth-order valence-corrected chi connectivity index (χ4v) is 4.48. The number of piperidine rings is 1. The molecule has 0 bridgehead atoms. The zero-order valence-corrected chi connectivity index (χ0v) is 20.3. The average Bonchev–Trinajstić information content (AvgIpc) is 2.91. The Morgan fingerprint density at radius 1 is 1.17 bits per heavy atom. The third-order valence-corrected chi connectivity index (χ3v) is 6.10. The minimum absolute atomic E-state index is 0.0370. The van der Waals surface area contributed by atoms with Gasteiger partial charge in [0.2, 0.25) is 5.91 Å². The highest BCUT2D eigenvalue weighted by Gasteiger charge is 2.42. The monoisotopic (exact) mass is 436 g/mol. The molecule has 1 N–H and O–H groups in total. The van der Waals surface area contributed by atoms with E-state index < -0.39 is 5.60 Å². The summed E-state index contributed by atoms with van der Waals surface area (Å²) >= 11 is 6.36. The van der Waals surface area contributed by atoms with Gasteiger partial charge in [-0.15, -0.1) is 0 Å². The molecule has 1 fully saturated rings. The number of halogens is 1. The van der Waals surface area contributed by atoms with E-state index in [-0.39, 0.29) is 23.5 Å². The van der Waals surface area contributed by atoms with Gasteiger partial charge in [-0.3, -0.25) is 4.79 Å². The van der Waals surface area contributed by atoms with Crippen LogP contribution in [0.4, 0.5) is 4.79 Å². The van der Waals surface area contributed by atoms with E-state index in [4.69, 9.17) is 16.3 Å². The fraction of sp³-hybridized carbons (Fsp3) is 0.667. The molecule has 1 spiro atoms. The standard InChI is InChI=1S/C19H26ClNO2.C5H11NO/c1-13-11-14-5-6-19(15(14)12-16(13)20)7-9-21(10-8-19)17(22)23-18(2,3)4;1-4(2)6-5(3)7/h11-12H,5-10H2,1-4H3;4H,1-3H3,(H,6,7). The predicted molar refractivity (Wildman–Crippen MR) is 122 cm³/mol. The molecule has 1 aliphatic heterocycles. The van der Waals surface area contributed by atoms with Crippen LogP contribution in [0.2, 0.25) is 5.02 Å². The molecule has 1 aliphatic carbocycles. The molecule has 1 aromatic rings. The van der Waals surface area contributed by atoms with Crippen LogP contribution in [0, 0.1) is 6.92 Å². The highest BCUT2D eigenvalue weighted by atomic mass is 35.5. The molecule has 0 unspecified atom stereocenters. The van der Waals surface area contributed by atoms with Crippen molar-refractivity contribution in [3.63, 3.8) is 0 Å². The van der Waals surface area contributed by atoms with E-state index in [1.54, 1.807) is 0 Å². The van der Waals surface area contributed by atoms with E-state index in [0.717, 1.165) is 42.9 Å². The van der Waals surface area contributed by atoms with Crippen LogP contribution < -0.4 is 5.32 Å². The van der Waals surface area contributed by atoms with Gasteiger partial charge in [0.05, 0.1) is 0 Å². The highest BCUT2D eigenvalue weighted by molar-refractivity contribution is 6.31. The molecule has 1 heterocycles. The van der Waals surface area contributed by atoms with Crippen LogP contribution in [0.15, 0.2) is 12.1 Å². The molecule has 0 atom stereocenters. The van der Waals surface area contributed by atoms with Gasteiger partial charge in [0, 0.05) is 31.1 Å². The zero-order chi connectivity index (χ0) is 22.7. The second-order valence-electron chi connectivity index (χ2n) is 9.86. The molecule has 30 heavy (non-hydrogen) atoms. The summed E-state index contributed by atoms with van der Waals surface area (Å²) in [6.45, 7) is 14.7. The normalized spacial score (nSPS) is 17.3. The first kappa shape index (κ1) is 24.5. The lowest BCUT2D eigenvalue weighted by Gasteiger charge is -2.40. The topological polar surface area (TPSA) is 58.6 Å². The van der Waals surface area contributed by atoms with Gasteiger partial charge in [-0.25, -0.2) is 4.79 Å². The van der Waals surface area contributed by atoms with Crippen molar-refractivity contribution in [2.24, 2.45) is 0 Å². The number of likely N-dealkylation sites (tertiary alicyclic amines) is 1. The smallest absolute Gasteiger partial charge is 0.410 e. The Balaban J connectivity index is 0.000000396. The van der Waals surface area contributed by atoms with Gasteiger partial charge in [-0.05, 0) is 95.4 Å². The molecule has 5 nitrogen and oxygen atoms in total. The molecular weight excluding hydrogens is 400 g/mol. The highest BCUT2D eigenvalue weighted by Crippen LogP contribution is 2.47. The lowest BCUT2D eigenvalue weighted by Crippen LogP contribution is -2.46. The molecule has 1 aromatic carbocycles. The van der Waals surface area contributed by atoms with Gasteiger partial charge >= 0.3 is 6.09 Å². The maximum absolute atomic E-state index is 12.2. The van der Waals surface area contributed by atoms with Crippen LogP contribution in [-0.2, 0) is 21.4 Å². The van der Waals surface area contributed by atoms with Gasteiger partial charge in [0.25, 0.3) is 0 Å². The van der Waals surface area contributed by atoms with E-state index in [9.17, 15) is 9.59 Å². The number of carbonyl (C=O) groups is 2. The van der Waals surface area contributed by atoms with Crippen molar-refractivity contribution in [2.75, 3.05) is 13.1 Å². The molecule has 168 valence electrons. The summed E-state index contributed by atoms with van der Waals surface area (Å²) in [4.78, 5) is 24.2. The second-order valence-corrected chi connectivity index (χ2v) is 10.3. The van der Waals surface area contributed by atoms with Crippen molar-refractivity contribution in [3.8, 4) is 0 Å². The quantitative estimate of drug-likeness (QED) is 0.641. The third-order valence-electron chi connectivity index (χ3n) is 5.69. The maximum atomic E-state index is 12.2. The van der Waals surface area contributed by atoms with Crippen molar-refractivity contribution in [2.45, 2.75) is 91.2 Å². The molecule has 3 rings (SSSR count). The van der Waals surface area contributed by atoms with Crippen LogP contribution in [-0.4, -0.2) is 41.6 Å². The first-order valence-electron chi connectivity index (χ1n) is 10.9. The Morgan fingerprint density at radius 2 is 1.77 bits per heavy atom. The Labute approximate surface area is 186 Å². The summed E-state index contributed by atoms with van der Waals surface area (Å²) in [6, 6.07) is 4.69. The van der Waals surface area contributed by atoms with Crippen molar-refractivity contribution in [1.82, 2.24) is 10.2 Å². The van der Waals surface area contributed by atoms with E-state index in [2.05, 4.69) is 24.4 Å². The molecule has 6 heteroatoms. The number of fused-ring (bicyclic) bond motifs is 2. The minimum Gasteiger partial charge on any atom is -0.444 e. The number of nitrogens with one attached hydrogen (secondary N) is 1. The number of hydrogen-bond acceptors (Lipinski definition) is 3. The van der Waals surface area contributed by atoms with Crippen molar-refractivity contribution in [3.05, 3.63) is 33.8 Å². The van der Waals surface area contributed by atoms with Gasteiger partial charge in [-0.1, -0.05) is 17.7 Å². The molecule has 1 saturated heterocycles. The lowest BCUT2D eigenvalue weighted by atomic mass is 9.74. The van der Waals surface area contributed by atoms with Gasteiger partial charge < -0.3 is 15.0 Å². The lowest BCUT2D eigenvalue weighted by molar-refractivity contribution is -0.119. The molecular formula is C24H37ClN2O3. The summed E-state index contributed by atoms with van der Waals surface area (Å²) in [5.41, 5.74) is 3.78. The SMILES string of the molecule is CC(=O)NC(C)C.Cc1cc2c(cc1Cl)C1(CC2)CCN(C(=O)OC(C)(C)C)CC1. The molecule has 2 aliphatic rings. The zero-order valence-electron chi connectivity index (χ0n) is 19.5. The van der Waals surface area contributed by atoms with Gasteiger partial charge in [0.1, 0.15) is 5.60 Å². The van der Waals surface area contributed by atoms with Crippen LogP contribution >= 0.6 is 11.6 Å². The van der Waals surface area contributed by atoms with Crippen molar-refractivity contribution >= 4 is 23.6 Å². The summed E-state index contributed by atoms with van der Waals surface area (Å²) < 4.78 is 5.50. The Hall–Kier alpha value is -1.75. The van der Waals surface area contributed by atoms with Crippen LogP contribution in [0.3, 0.4) is 0 Å². The number of amides is 2. The van der Waals surface area contributed by atoms with Crippen molar-refractivity contribution < 1.29 is 14.3 Å². The number of carbonyl (C=O) groups excluding carboxylic acids is 2. The number of aryl methyl sites for hydroxylation is 2. The summed E-state index contributed by atoms with van der Waals surface area (Å²) in [7, 11) is 0. The first-order chi connectivity index (χ1) is 13.8. The average molecular weight is 437 g/mol. The van der Waals surface area contributed by atoms with E-state index in [0.29, 0.717) is 0 Å². The number of hydrogen-bond donors (Lipinski definition) is 1. The second kappa shape index (κ2) is 9.59. The molecule has 2 amide bonds. The van der Waals surface area contributed by atoms with E-state index in [1.807, 2.05) is 39.5 Å². The van der Waals surface area contributed by atoms with Gasteiger partial charge in [0.15, 0.2) is 0 Å². The molecule has 0 radical (unpaired) electrons. The Kier molecular flexibility index (Phi) is 7.84. The summed E-state index contributed by atoms with van der Waals surface area (Å²) in [5, 5.41) is 3.53. The van der Waals surface area contributed by atoms with E-state index in [1.165, 1.54) is 24.5 Å². The third kappa shape index (κ3) is 6.37. The number of nitrogens with zero attached hydrogens (tertiary/aromatic N) is 1. The van der Waals surface area contributed by atoms with Gasteiger partial charge in [-0.2, -0.15) is 0 Å². The summed E-state index contributed by atoms with van der Waals surface area (Å²) in [6.07, 6.45) is 4.11. The first-order valence-corrected chi connectivity index (χ1v) is 11.3. The molecule has 0 aromatic heterocycles. The van der Waals surface area contributed by atoms with Crippen LogP contribution in [0.5, 0.6) is 0 Å². The predicted octanol–water partition coefficient (Wildman–Crippen LogP) is 5.39. The largest absolute Gasteiger partial charge is 0.444 e. The number of benzene rings is 1. The minimum atomic E-state index is -0.433. The Bertz CT molecular complexity index is 775. The van der Waals surface area contributed by atoms with Crippen molar-refractivity contribution in [1.29, 1.82) is 0 Å². The number of ether oxygens (including phenoxy) is 1. The maximum Gasteiger partial charge on any atom is 0.410 e. The molecule has 0 saturated carbocycles. The number of rotatable bonds is 1.